The summed E-state index contributed by atoms with van der Waals surface area (Å²) in [4.78, 5) is 2.49. The predicted molar refractivity (Wildman–Crippen MR) is 242 cm³/mol. The van der Waals surface area contributed by atoms with Gasteiger partial charge in [-0.25, -0.2) is 0 Å². The van der Waals surface area contributed by atoms with Crippen LogP contribution in [0.3, 0.4) is 0 Å². The molecule has 1 aliphatic carbocycles. The van der Waals surface area contributed by atoms with E-state index in [1.807, 2.05) is 11.3 Å². The third kappa shape index (κ3) is 5.29. The van der Waals surface area contributed by atoms with E-state index in [1.165, 1.54) is 75.8 Å². The zero-order valence-corrected chi connectivity index (χ0v) is 32.0. The number of para-hydroxylation sites is 1. The molecule has 11 rings (SSSR count). The van der Waals surface area contributed by atoms with E-state index in [4.69, 9.17) is 0 Å². The third-order valence-electron chi connectivity index (χ3n) is 11.8. The monoisotopic (exact) mass is 743 g/mol. The average molecular weight is 744 g/mol. The second-order valence-corrected chi connectivity index (χ2v) is 15.9. The molecule has 1 nitrogen and oxygen atoms in total. The van der Waals surface area contributed by atoms with E-state index in [0.717, 1.165) is 17.1 Å². The van der Waals surface area contributed by atoms with Gasteiger partial charge in [0.1, 0.15) is 0 Å². The Kier molecular flexibility index (Phi) is 7.98. The Hall–Kier alpha value is -7.00. The van der Waals surface area contributed by atoms with Gasteiger partial charge in [-0.05, 0) is 92.5 Å². The zero-order chi connectivity index (χ0) is 37.8. The maximum absolute atomic E-state index is 2.49. The van der Waals surface area contributed by atoms with Gasteiger partial charge < -0.3 is 4.90 Å². The summed E-state index contributed by atoms with van der Waals surface area (Å²) >= 11 is 1.86. The summed E-state index contributed by atoms with van der Waals surface area (Å²) in [6.45, 7) is 0. The smallest absolute Gasteiger partial charge is 0.0714 e. The highest BCUT2D eigenvalue weighted by Gasteiger charge is 2.46. The van der Waals surface area contributed by atoms with Gasteiger partial charge >= 0.3 is 0 Å². The lowest BCUT2D eigenvalue weighted by Gasteiger charge is -2.35. The Labute approximate surface area is 337 Å². The second-order valence-electron chi connectivity index (χ2n) is 14.8. The summed E-state index contributed by atoms with van der Waals surface area (Å²) in [6.07, 6.45) is 0. The number of anilines is 3. The summed E-state index contributed by atoms with van der Waals surface area (Å²) in [5, 5.41) is 2.57. The fraction of sp³-hybridized carbons (Fsp3) is 0.0182. The topological polar surface area (TPSA) is 3.24 Å². The lowest BCUT2D eigenvalue weighted by Crippen LogP contribution is -2.28. The molecule has 0 fully saturated rings. The summed E-state index contributed by atoms with van der Waals surface area (Å²) < 4.78 is 2.60. The molecule has 1 heterocycles. The summed E-state index contributed by atoms with van der Waals surface area (Å²) in [5.41, 5.74) is 15.3. The maximum atomic E-state index is 2.49. The molecule has 0 spiro atoms. The van der Waals surface area contributed by atoms with Gasteiger partial charge in [-0.2, -0.15) is 0 Å². The van der Waals surface area contributed by atoms with E-state index in [0.29, 0.717) is 0 Å². The van der Waals surface area contributed by atoms with E-state index in [-0.39, 0.29) is 0 Å². The maximum Gasteiger partial charge on any atom is 0.0714 e. The van der Waals surface area contributed by atoms with Crippen molar-refractivity contribution in [3.63, 3.8) is 0 Å². The van der Waals surface area contributed by atoms with Gasteiger partial charge in [0.25, 0.3) is 0 Å². The fourth-order valence-electron chi connectivity index (χ4n) is 9.34. The number of rotatable bonds is 7. The molecule has 0 amide bonds. The Morgan fingerprint density at radius 3 is 1.61 bits per heavy atom. The van der Waals surface area contributed by atoms with Crippen molar-refractivity contribution in [1.82, 2.24) is 0 Å². The summed E-state index contributed by atoms with van der Waals surface area (Å²) in [7, 11) is 0. The highest BCUT2D eigenvalue weighted by molar-refractivity contribution is 7.25. The SMILES string of the molecule is c1ccc(-c2ccccc2-c2ccccc2N(c2ccc3c(c2)C(c2ccccc2)(c2ccccc2)c2ccccc2-3)c2ccc3sc4ccccc4c3c2)cc1. The molecule has 10 aromatic rings. The van der Waals surface area contributed by atoms with Gasteiger partial charge in [0.15, 0.2) is 0 Å². The van der Waals surface area contributed by atoms with Crippen LogP contribution in [-0.4, -0.2) is 0 Å². The highest BCUT2D eigenvalue weighted by atomic mass is 32.1. The molecule has 1 aliphatic rings. The summed E-state index contributed by atoms with van der Waals surface area (Å²) in [5.74, 6) is 0. The number of hydrogen-bond donors (Lipinski definition) is 0. The fourth-order valence-corrected chi connectivity index (χ4v) is 10.4. The van der Waals surface area contributed by atoms with Crippen LogP contribution in [0, 0.1) is 0 Å². The Balaban J connectivity index is 1.21. The Morgan fingerprint density at radius 1 is 0.333 bits per heavy atom. The van der Waals surface area contributed by atoms with Crippen LogP contribution < -0.4 is 4.90 Å². The van der Waals surface area contributed by atoms with Crippen molar-refractivity contribution in [2.75, 3.05) is 4.90 Å². The lowest BCUT2D eigenvalue weighted by molar-refractivity contribution is 0.768. The minimum Gasteiger partial charge on any atom is -0.310 e. The zero-order valence-electron chi connectivity index (χ0n) is 31.2. The van der Waals surface area contributed by atoms with Crippen LogP contribution in [0.15, 0.2) is 224 Å². The van der Waals surface area contributed by atoms with E-state index in [2.05, 4.69) is 229 Å². The van der Waals surface area contributed by atoms with Crippen molar-refractivity contribution in [3.05, 3.63) is 247 Å². The van der Waals surface area contributed by atoms with Crippen molar-refractivity contribution in [1.29, 1.82) is 0 Å². The molecule has 0 aliphatic heterocycles. The third-order valence-corrected chi connectivity index (χ3v) is 12.9. The predicted octanol–water partition coefficient (Wildman–Crippen LogP) is 15.2. The average Bonchev–Trinajstić information content (AvgIpc) is 3.81. The van der Waals surface area contributed by atoms with E-state index in [9.17, 15) is 0 Å². The van der Waals surface area contributed by atoms with E-state index < -0.39 is 5.41 Å². The largest absolute Gasteiger partial charge is 0.310 e. The molecule has 1 aromatic heterocycles. The van der Waals surface area contributed by atoms with Crippen LogP contribution in [0.1, 0.15) is 22.3 Å². The van der Waals surface area contributed by atoms with Gasteiger partial charge in [-0.1, -0.05) is 182 Å². The standard InChI is InChI=1S/C55H37NS/c1-4-18-38(19-5-1)43-24-10-11-25-44(43)47-27-13-16-30-52(47)56(41-33-35-54-49(36-41)48-28-14-17-31-53(48)57-54)42-32-34-46-45-26-12-15-29-50(45)55(51(46)37-42,39-20-6-2-7-21-39)40-22-8-3-9-23-40/h1-37H. The van der Waals surface area contributed by atoms with Crippen molar-refractivity contribution < 1.29 is 0 Å². The first kappa shape index (κ1) is 33.3. The van der Waals surface area contributed by atoms with Crippen LogP contribution in [-0.2, 0) is 5.41 Å². The molecule has 0 radical (unpaired) electrons. The quantitative estimate of drug-likeness (QED) is 0.157. The van der Waals surface area contributed by atoms with Crippen LogP contribution in [0.4, 0.5) is 17.1 Å². The molecule has 0 saturated heterocycles. The Morgan fingerprint density at radius 2 is 0.860 bits per heavy atom. The van der Waals surface area contributed by atoms with Gasteiger partial charge in [-0.3, -0.25) is 0 Å². The molecule has 0 bridgehead atoms. The van der Waals surface area contributed by atoms with Gasteiger partial charge in [-0.15, -0.1) is 11.3 Å². The molecular formula is C55H37NS. The minimum absolute atomic E-state index is 0.511. The van der Waals surface area contributed by atoms with Crippen LogP contribution in [0.25, 0.3) is 53.6 Å². The van der Waals surface area contributed by atoms with Crippen molar-refractivity contribution in [2.24, 2.45) is 0 Å². The lowest BCUT2D eigenvalue weighted by atomic mass is 9.67. The van der Waals surface area contributed by atoms with Crippen molar-refractivity contribution in [2.45, 2.75) is 5.41 Å². The molecule has 268 valence electrons. The van der Waals surface area contributed by atoms with Gasteiger partial charge in [0.05, 0.1) is 11.1 Å². The van der Waals surface area contributed by atoms with Gasteiger partial charge in [0.2, 0.25) is 0 Å². The number of thiophene rings is 1. The van der Waals surface area contributed by atoms with Gasteiger partial charge in [0, 0.05) is 37.1 Å². The first-order valence-corrected chi connectivity index (χ1v) is 20.4. The van der Waals surface area contributed by atoms with Crippen LogP contribution in [0.2, 0.25) is 0 Å². The molecule has 0 atom stereocenters. The molecule has 9 aromatic carbocycles. The number of hydrogen-bond acceptors (Lipinski definition) is 2. The van der Waals surface area contributed by atoms with E-state index in [1.54, 1.807) is 0 Å². The minimum atomic E-state index is -0.511. The molecular weight excluding hydrogens is 707 g/mol. The highest BCUT2D eigenvalue weighted by Crippen LogP contribution is 2.57. The second kappa shape index (κ2) is 13.6. The number of nitrogens with zero attached hydrogens (tertiary/aromatic N) is 1. The molecule has 0 N–H and O–H groups in total. The molecule has 57 heavy (non-hydrogen) atoms. The van der Waals surface area contributed by atoms with Crippen LogP contribution in [0.5, 0.6) is 0 Å². The molecule has 0 unspecified atom stereocenters. The number of benzene rings is 9. The Bertz CT molecular complexity index is 3030. The first-order chi connectivity index (χ1) is 28.3. The van der Waals surface area contributed by atoms with Crippen LogP contribution >= 0.6 is 11.3 Å². The number of fused-ring (bicyclic) bond motifs is 6. The van der Waals surface area contributed by atoms with Crippen molar-refractivity contribution >= 4 is 48.6 Å². The first-order valence-electron chi connectivity index (χ1n) is 19.6. The van der Waals surface area contributed by atoms with E-state index >= 15 is 0 Å². The summed E-state index contributed by atoms with van der Waals surface area (Å²) in [6, 6.07) is 82.6. The molecule has 0 saturated carbocycles. The van der Waals surface area contributed by atoms with Crippen molar-refractivity contribution in [3.8, 4) is 33.4 Å². The normalized spacial score (nSPS) is 12.7. The molecule has 2 heteroatoms.